The fourth-order valence-corrected chi connectivity index (χ4v) is 3.76. The average molecular weight is 473 g/mol. The van der Waals surface area contributed by atoms with Crippen LogP contribution in [0.5, 0.6) is 0 Å². The number of aromatic nitrogens is 4. The van der Waals surface area contributed by atoms with Crippen molar-refractivity contribution >= 4 is 27.6 Å². The van der Waals surface area contributed by atoms with E-state index in [0.29, 0.717) is 5.02 Å². The Morgan fingerprint density at radius 3 is 2.32 bits per heavy atom. The van der Waals surface area contributed by atoms with Gasteiger partial charge in [0.15, 0.2) is 0 Å². The zero-order valence-corrected chi connectivity index (χ0v) is 18.1. The molecule has 0 aliphatic rings. The van der Waals surface area contributed by atoms with Crippen LogP contribution < -0.4 is 5.32 Å². The predicted octanol–water partition coefficient (Wildman–Crippen LogP) is 3.55. The van der Waals surface area contributed by atoms with Gasteiger partial charge in [0, 0.05) is 30.5 Å². The molecule has 0 bridgehead atoms. The predicted molar refractivity (Wildman–Crippen MR) is 110 cm³/mol. The normalized spacial score (nSPS) is 13.0. The van der Waals surface area contributed by atoms with Crippen molar-refractivity contribution in [3.63, 3.8) is 0 Å². The first-order chi connectivity index (χ1) is 14.7. The second-order valence-electron chi connectivity index (χ2n) is 6.50. The summed E-state index contributed by atoms with van der Waals surface area (Å²) in [4.78, 5) is 8.31. The minimum Gasteiger partial charge on any atom is -0.415 e. The van der Waals surface area contributed by atoms with Gasteiger partial charge in [-0.2, -0.15) is 8.78 Å². The molecule has 0 amide bonds. The van der Waals surface area contributed by atoms with Gasteiger partial charge in [-0.1, -0.05) is 30.7 Å². The summed E-state index contributed by atoms with van der Waals surface area (Å²) in [7, 11) is -3.43. The molecule has 9 nitrogen and oxygen atoms in total. The van der Waals surface area contributed by atoms with Crippen LogP contribution in [0.3, 0.4) is 0 Å². The van der Waals surface area contributed by atoms with Crippen LogP contribution in [-0.2, 0) is 10.0 Å². The molecule has 31 heavy (non-hydrogen) atoms. The molecule has 1 atom stereocenters. The SMILES string of the molecule is CCN(CC(Nc1ncc(-c2nnc(C(F)F)o2)cn1)c1ccc(Cl)cc1)S(C)(=O)=O. The summed E-state index contributed by atoms with van der Waals surface area (Å²) < 4.78 is 55.5. The smallest absolute Gasteiger partial charge is 0.314 e. The zero-order chi connectivity index (χ0) is 22.6. The monoisotopic (exact) mass is 472 g/mol. The molecule has 1 N–H and O–H groups in total. The summed E-state index contributed by atoms with van der Waals surface area (Å²) in [5.74, 6) is -0.729. The highest BCUT2D eigenvalue weighted by molar-refractivity contribution is 7.88. The van der Waals surface area contributed by atoms with E-state index >= 15 is 0 Å². The fraction of sp³-hybridized carbons (Fsp3) is 0.333. The van der Waals surface area contributed by atoms with Crippen molar-refractivity contribution in [1.29, 1.82) is 0 Å². The van der Waals surface area contributed by atoms with E-state index in [0.717, 1.165) is 11.8 Å². The topological polar surface area (TPSA) is 114 Å². The van der Waals surface area contributed by atoms with Crippen LogP contribution >= 0.6 is 11.6 Å². The molecule has 0 radical (unpaired) electrons. The van der Waals surface area contributed by atoms with Gasteiger partial charge in [0.1, 0.15) is 0 Å². The van der Waals surface area contributed by atoms with Crippen molar-refractivity contribution < 1.29 is 21.6 Å². The first kappa shape index (κ1) is 23.0. The molecule has 0 spiro atoms. The molecule has 0 saturated heterocycles. The zero-order valence-electron chi connectivity index (χ0n) is 16.5. The Bertz CT molecular complexity index is 1110. The van der Waals surface area contributed by atoms with Crippen molar-refractivity contribution in [3.05, 3.63) is 53.1 Å². The van der Waals surface area contributed by atoms with Gasteiger partial charge in [-0.25, -0.2) is 22.7 Å². The number of anilines is 1. The highest BCUT2D eigenvalue weighted by Crippen LogP contribution is 2.24. The van der Waals surface area contributed by atoms with E-state index in [9.17, 15) is 17.2 Å². The second-order valence-corrected chi connectivity index (χ2v) is 8.92. The summed E-state index contributed by atoms with van der Waals surface area (Å²) in [6, 6.07) is 6.46. The lowest BCUT2D eigenvalue weighted by molar-refractivity contribution is 0.116. The number of nitrogens with one attached hydrogen (secondary N) is 1. The molecule has 1 unspecified atom stereocenters. The van der Waals surface area contributed by atoms with Crippen LogP contribution in [0, 0.1) is 0 Å². The van der Waals surface area contributed by atoms with Crippen LogP contribution in [0.15, 0.2) is 41.1 Å². The maximum absolute atomic E-state index is 12.6. The lowest BCUT2D eigenvalue weighted by atomic mass is 10.1. The van der Waals surface area contributed by atoms with E-state index in [2.05, 4.69) is 25.5 Å². The van der Waals surface area contributed by atoms with E-state index in [1.165, 1.54) is 16.7 Å². The van der Waals surface area contributed by atoms with E-state index in [4.69, 9.17) is 16.0 Å². The Hall–Kier alpha value is -2.70. The minimum atomic E-state index is -3.43. The standard InChI is InChI=1S/C18H19ClF2N6O3S/c1-3-27(31(2,28)29)10-14(11-4-6-13(19)7-5-11)24-18-22-8-12(9-23-18)16-25-26-17(30-16)15(20)21/h4-9,14-15H,3,10H2,1-2H3,(H,22,23,24). The Balaban J connectivity index is 1.83. The highest BCUT2D eigenvalue weighted by Gasteiger charge is 2.23. The van der Waals surface area contributed by atoms with Crippen molar-refractivity contribution in [3.8, 4) is 11.5 Å². The fourth-order valence-electron chi connectivity index (χ4n) is 2.74. The van der Waals surface area contributed by atoms with Crippen molar-refractivity contribution in [2.45, 2.75) is 19.4 Å². The Morgan fingerprint density at radius 2 is 1.81 bits per heavy atom. The number of sulfonamides is 1. The number of likely N-dealkylation sites (N-methyl/N-ethyl adjacent to an activating group) is 1. The van der Waals surface area contributed by atoms with Gasteiger partial charge in [-0.05, 0) is 17.7 Å². The number of nitrogens with zero attached hydrogens (tertiary/aromatic N) is 5. The largest absolute Gasteiger partial charge is 0.415 e. The van der Waals surface area contributed by atoms with E-state index < -0.39 is 28.4 Å². The molecule has 2 aromatic heterocycles. The lowest BCUT2D eigenvalue weighted by Gasteiger charge is -2.26. The van der Waals surface area contributed by atoms with Crippen LogP contribution in [0.4, 0.5) is 14.7 Å². The quantitative estimate of drug-likeness (QED) is 0.503. The van der Waals surface area contributed by atoms with Gasteiger partial charge >= 0.3 is 6.43 Å². The first-order valence-corrected chi connectivity index (χ1v) is 11.3. The summed E-state index contributed by atoms with van der Waals surface area (Å²) in [5.41, 5.74) is 1.04. The second kappa shape index (κ2) is 9.62. The van der Waals surface area contributed by atoms with Gasteiger partial charge in [-0.15, -0.1) is 10.2 Å². The molecule has 2 heterocycles. The molecule has 0 fully saturated rings. The number of rotatable bonds is 9. The van der Waals surface area contributed by atoms with Crippen LogP contribution in [-0.4, -0.2) is 52.2 Å². The Labute approximate surface area is 182 Å². The van der Waals surface area contributed by atoms with Crippen LogP contribution in [0.25, 0.3) is 11.5 Å². The Morgan fingerprint density at radius 1 is 1.16 bits per heavy atom. The number of alkyl halides is 2. The third-order valence-corrected chi connectivity index (χ3v) is 5.91. The molecule has 0 saturated carbocycles. The molecule has 0 aliphatic heterocycles. The van der Waals surface area contributed by atoms with E-state index in [1.807, 2.05) is 0 Å². The van der Waals surface area contributed by atoms with Crippen molar-refractivity contribution in [2.75, 3.05) is 24.7 Å². The number of hydrogen-bond acceptors (Lipinski definition) is 8. The Kier molecular flexibility index (Phi) is 7.13. The molecule has 166 valence electrons. The maximum Gasteiger partial charge on any atom is 0.314 e. The van der Waals surface area contributed by atoms with Gasteiger partial charge in [-0.3, -0.25) is 0 Å². The molecule has 1 aromatic carbocycles. The minimum absolute atomic E-state index is 0.128. The summed E-state index contributed by atoms with van der Waals surface area (Å²) >= 11 is 5.96. The van der Waals surface area contributed by atoms with Crippen molar-refractivity contribution in [1.82, 2.24) is 24.5 Å². The molecule has 0 aliphatic carbocycles. The van der Waals surface area contributed by atoms with Crippen molar-refractivity contribution in [2.24, 2.45) is 0 Å². The van der Waals surface area contributed by atoms with E-state index in [1.54, 1.807) is 31.2 Å². The summed E-state index contributed by atoms with van der Waals surface area (Å²) in [6.07, 6.45) is 0.939. The third kappa shape index (κ3) is 5.93. The molecule has 3 rings (SSSR count). The number of hydrogen-bond donors (Lipinski definition) is 1. The molecule has 13 heteroatoms. The summed E-state index contributed by atoms with van der Waals surface area (Å²) in [5, 5.41) is 10.5. The van der Waals surface area contributed by atoms with Gasteiger partial charge in [0.05, 0.1) is 17.9 Å². The van der Waals surface area contributed by atoms with Gasteiger partial charge < -0.3 is 9.73 Å². The number of benzene rings is 1. The average Bonchev–Trinajstić information content (AvgIpc) is 3.22. The van der Waals surface area contributed by atoms with Crippen LogP contribution in [0.2, 0.25) is 5.02 Å². The maximum atomic E-state index is 12.6. The molecular formula is C18H19ClF2N6O3S. The van der Waals surface area contributed by atoms with E-state index in [-0.39, 0.29) is 30.5 Å². The van der Waals surface area contributed by atoms with Gasteiger partial charge in [0.2, 0.25) is 16.0 Å². The highest BCUT2D eigenvalue weighted by atomic mass is 35.5. The van der Waals surface area contributed by atoms with Crippen LogP contribution in [0.1, 0.15) is 30.8 Å². The summed E-state index contributed by atoms with van der Waals surface area (Å²) in [6.45, 7) is 2.15. The van der Waals surface area contributed by atoms with Gasteiger partial charge in [0.25, 0.3) is 11.8 Å². The molecular weight excluding hydrogens is 454 g/mol. The first-order valence-electron chi connectivity index (χ1n) is 9.08. The molecule has 3 aromatic rings. The third-order valence-electron chi connectivity index (χ3n) is 4.31. The lowest BCUT2D eigenvalue weighted by Crippen LogP contribution is -2.36. The number of halogens is 3.